The number of halogens is 2. The van der Waals surface area contributed by atoms with E-state index in [4.69, 9.17) is 27.9 Å². The van der Waals surface area contributed by atoms with Gasteiger partial charge in [-0.25, -0.2) is 0 Å². The zero-order chi connectivity index (χ0) is 13.0. The second-order valence-electron chi connectivity index (χ2n) is 3.29. The van der Waals surface area contributed by atoms with Crippen LogP contribution in [0.5, 0.6) is 6.01 Å². The van der Waals surface area contributed by atoms with Crippen molar-refractivity contribution in [3.63, 3.8) is 0 Å². The Kier molecular flexibility index (Phi) is 4.63. The van der Waals surface area contributed by atoms with E-state index < -0.39 is 0 Å². The molecule has 0 fully saturated rings. The van der Waals surface area contributed by atoms with Crippen LogP contribution in [-0.4, -0.2) is 22.1 Å². The third kappa shape index (κ3) is 3.73. The third-order valence-electron chi connectivity index (χ3n) is 2.03. The van der Waals surface area contributed by atoms with Crippen LogP contribution in [-0.2, 0) is 5.75 Å². The molecule has 0 radical (unpaired) electrons. The molecule has 18 heavy (non-hydrogen) atoms. The fourth-order valence-corrected chi connectivity index (χ4v) is 2.31. The van der Waals surface area contributed by atoms with Crippen LogP contribution in [0.2, 0.25) is 10.3 Å². The van der Waals surface area contributed by atoms with Gasteiger partial charge >= 0.3 is 6.01 Å². The molecule has 0 amide bonds. The number of nitrogens with zero attached hydrogens (tertiary/aromatic N) is 3. The maximum atomic E-state index is 5.82. The van der Waals surface area contributed by atoms with Gasteiger partial charge in [-0.05, 0) is 29.3 Å². The van der Waals surface area contributed by atoms with Gasteiger partial charge in [-0.2, -0.15) is 15.0 Å². The van der Waals surface area contributed by atoms with Gasteiger partial charge in [0, 0.05) is 10.8 Å². The number of hydrogen-bond donors (Lipinski definition) is 0. The predicted octanol–water partition coefficient (Wildman–Crippen LogP) is 3.48. The Morgan fingerprint density at radius 3 is 2.50 bits per heavy atom. The van der Waals surface area contributed by atoms with Crippen molar-refractivity contribution in [2.24, 2.45) is 0 Å². The van der Waals surface area contributed by atoms with Crippen LogP contribution >= 0.6 is 35.0 Å². The highest BCUT2D eigenvalue weighted by Crippen LogP contribution is 2.22. The molecule has 1 heterocycles. The highest BCUT2D eigenvalue weighted by molar-refractivity contribution is 7.98. The molecule has 4 nitrogen and oxygen atoms in total. The molecule has 0 aliphatic rings. The topological polar surface area (TPSA) is 47.9 Å². The summed E-state index contributed by atoms with van der Waals surface area (Å²) in [5.41, 5.74) is 1.12. The Morgan fingerprint density at radius 1 is 1.11 bits per heavy atom. The fraction of sp³-hybridized carbons (Fsp3) is 0.182. The molecule has 0 aliphatic carbocycles. The van der Waals surface area contributed by atoms with E-state index >= 15 is 0 Å². The Hall–Kier alpha value is -1.04. The highest BCUT2D eigenvalue weighted by Gasteiger charge is 2.06. The van der Waals surface area contributed by atoms with Gasteiger partial charge in [-0.1, -0.05) is 35.5 Å². The van der Waals surface area contributed by atoms with Gasteiger partial charge in [0.2, 0.25) is 5.28 Å². The molecule has 0 saturated heterocycles. The monoisotopic (exact) mass is 301 g/mol. The van der Waals surface area contributed by atoms with Crippen LogP contribution in [0.4, 0.5) is 0 Å². The maximum absolute atomic E-state index is 5.82. The van der Waals surface area contributed by atoms with Crippen molar-refractivity contribution in [1.82, 2.24) is 15.0 Å². The predicted molar refractivity (Wildman–Crippen MR) is 72.4 cm³/mol. The molecule has 1 aromatic heterocycles. The number of hydrogen-bond acceptors (Lipinski definition) is 5. The number of thioether (sulfide) groups is 1. The number of aromatic nitrogens is 3. The van der Waals surface area contributed by atoms with Crippen LogP contribution in [0.3, 0.4) is 0 Å². The lowest BCUT2D eigenvalue weighted by Gasteiger charge is -2.03. The zero-order valence-electron chi connectivity index (χ0n) is 9.43. The summed E-state index contributed by atoms with van der Waals surface area (Å²) < 4.78 is 4.93. The number of rotatable bonds is 4. The fourth-order valence-electron chi connectivity index (χ4n) is 1.20. The van der Waals surface area contributed by atoms with Crippen molar-refractivity contribution >= 4 is 35.0 Å². The largest absolute Gasteiger partial charge is 0.467 e. The Morgan fingerprint density at radius 2 is 1.83 bits per heavy atom. The van der Waals surface area contributed by atoms with Crippen molar-refractivity contribution in [1.29, 1.82) is 0 Å². The van der Waals surface area contributed by atoms with E-state index in [-0.39, 0.29) is 11.3 Å². The summed E-state index contributed by atoms with van der Waals surface area (Å²) in [5.74, 6) is 0.723. The minimum absolute atomic E-state index is 0.125. The Bertz CT molecular complexity index is 536. The van der Waals surface area contributed by atoms with Crippen molar-refractivity contribution in [2.45, 2.75) is 10.9 Å². The molecule has 0 N–H and O–H groups in total. The first kappa shape index (κ1) is 13.4. The van der Waals surface area contributed by atoms with E-state index in [1.54, 1.807) is 0 Å². The van der Waals surface area contributed by atoms with Crippen LogP contribution in [0, 0.1) is 0 Å². The summed E-state index contributed by atoms with van der Waals surface area (Å²) >= 11 is 13.0. The summed E-state index contributed by atoms with van der Waals surface area (Å²) in [6.45, 7) is 0. The molecule has 94 valence electrons. The van der Waals surface area contributed by atoms with E-state index in [0.29, 0.717) is 10.2 Å². The van der Waals surface area contributed by atoms with E-state index in [2.05, 4.69) is 15.0 Å². The van der Waals surface area contributed by atoms with Crippen molar-refractivity contribution in [3.05, 3.63) is 40.1 Å². The average molecular weight is 302 g/mol. The lowest BCUT2D eigenvalue weighted by atomic mass is 10.2. The SMILES string of the molecule is COc1nc(Cl)nc(SCc2ccc(Cl)cc2)n1. The van der Waals surface area contributed by atoms with Gasteiger partial charge in [0.05, 0.1) is 7.11 Å². The van der Waals surface area contributed by atoms with Crippen molar-refractivity contribution < 1.29 is 4.74 Å². The number of methoxy groups -OCH3 is 1. The molecular weight excluding hydrogens is 293 g/mol. The second-order valence-corrected chi connectivity index (χ2v) is 5.01. The van der Waals surface area contributed by atoms with Gasteiger partial charge in [0.1, 0.15) is 0 Å². The van der Waals surface area contributed by atoms with Gasteiger partial charge in [0.25, 0.3) is 0 Å². The summed E-state index contributed by atoms with van der Waals surface area (Å²) in [5, 5.41) is 1.37. The molecular formula is C11H9Cl2N3OS. The minimum Gasteiger partial charge on any atom is -0.467 e. The Labute approximate surface area is 119 Å². The summed E-state index contributed by atoms with van der Waals surface area (Å²) in [6.07, 6.45) is 0. The molecule has 0 unspecified atom stereocenters. The molecule has 2 aromatic rings. The molecule has 0 bridgehead atoms. The van der Waals surface area contributed by atoms with Crippen LogP contribution in [0.15, 0.2) is 29.4 Å². The van der Waals surface area contributed by atoms with Gasteiger partial charge < -0.3 is 4.74 Å². The maximum Gasteiger partial charge on any atom is 0.321 e. The second kappa shape index (κ2) is 6.22. The summed E-state index contributed by atoms with van der Waals surface area (Å²) in [4.78, 5) is 11.9. The van der Waals surface area contributed by atoms with Crippen LogP contribution in [0.25, 0.3) is 0 Å². The normalized spacial score (nSPS) is 10.4. The number of benzene rings is 1. The van der Waals surface area contributed by atoms with Crippen LogP contribution < -0.4 is 4.74 Å². The first-order chi connectivity index (χ1) is 8.67. The zero-order valence-corrected chi connectivity index (χ0v) is 11.8. The molecule has 0 aliphatic heterocycles. The van der Waals surface area contributed by atoms with Gasteiger partial charge in [-0.15, -0.1) is 0 Å². The molecule has 0 saturated carbocycles. The highest BCUT2D eigenvalue weighted by atomic mass is 35.5. The van der Waals surface area contributed by atoms with E-state index in [9.17, 15) is 0 Å². The van der Waals surface area contributed by atoms with Crippen molar-refractivity contribution in [2.75, 3.05) is 7.11 Å². The lowest BCUT2D eigenvalue weighted by Crippen LogP contribution is -1.97. The quantitative estimate of drug-likeness (QED) is 0.809. The first-order valence-corrected chi connectivity index (χ1v) is 6.74. The molecule has 2 rings (SSSR count). The Balaban J connectivity index is 2.05. The van der Waals surface area contributed by atoms with Crippen molar-refractivity contribution in [3.8, 4) is 6.01 Å². The van der Waals surface area contributed by atoms with Crippen LogP contribution in [0.1, 0.15) is 5.56 Å². The van der Waals surface area contributed by atoms with E-state index in [1.165, 1.54) is 18.9 Å². The molecule has 0 atom stereocenters. The lowest BCUT2D eigenvalue weighted by molar-refractivity contribution is 0.373. The minimum atomic E-state index is 0.125. The standard InChI is InChI=1S/C11H9Cl2N3OS/c1-17-10-14-9(13)15-11(16-10)18-6-7-2-4-8(12)5-3-7/h2-5H,6H2,1H3. The van der Waals surface area contributed by atoms with Gasteiger partial charge in [0.15, 0.2) is 5.16 Å². The third-order valence-corrected chi connectivity index (χ3v) is 3.37. The van der Waals surface area contributed by atoms with Gasteiger partial charge in [-0.3, -0.25) is 0 Å². The molecule has 1 aromatic carbocycles. The number of ether oxygens (including phenoxy) is 1. The van der Waals surface area contributed by atoms with E-state index in [1.807, 2.05) is 24.3 Å². The summed E-state index contributed by atoms with van der Waals surface area (Å²) in [6, 6.07) is 7.82. The van der Waals surface area contributed by atoms with E-state index in [0.717, 1.165) is 11.3 Å². The first-order valence-electron chi connectivity index (χ1n) is 5.00. The molecule has 7 heteroatoms. The average Bonchev–Trinajstić information content (AvgIpc) is 2.37. The smallest absolute Gasteiger partial charge is 0.321 e. The summed E-state index contributed by atoms with van der Waals surface area (Å²) in [7, 11) is 1.49. The molecule has 0 spiro atoms.